The average Bonchev–Trinajstić information content (AvgIpc) is 2.80. The lowest BCUT2D eigenvalue weighted by atomic mass is 10.2. The molecule has 0 fully saturated rings. The molecule has 0 amide bonds. The molecule has 2 aromatic heterocycles. The van der Waals surface area contributed by atoms with Gasteiger partial charge in [0.25, 0.3) is 0 Å². The van der Waals surface area contributed by atoms with Crippen molar-refractivity contribution in [3.8, 4) is 0 Å². The number of thiophene rings is 1. The summed E-state index contributed by atoms with van der Waals surface area (Å²) in [5.41, 5.74) is 6.35. The Bertz CT molecular complexity index is 639. The number of hydrogen-bond acceptors (Lipinski definition) is 7. The number of fused-ring (bicyclic) bond motifs is 1. The minimum absolute atomic E-state index is 0.297. The largest absolute Gasteiger partial charge is 0.461 e. The van der Waals surface area contributed by atoms with Gasteiger partial charge in [-0.15, -0.1) is 11.3 Å². The number of carbonyl (C=O) groups excluding carboxylic acids is 1. The van der Waals surface area contributed by atoms with Crippen molar-refractivity contribution < 1.29 is 9.53 Å². The smallest absolute Gasteiger partial charge is 0.348 e. The summed E-state index contributed by atoms with van der Waals surface area (Å²) < 4.78 is 5.30. The molecule has 0 aromatic carbocycles. The highest BCUT2D eigenvalue weighted by molar-refractivity contribution is 7.20. The van der Waals surface area contributed by atoms with Crippen LogP contribution in [0.1, 0.15) is 29.1 Å². The van der Waals surface area contributed by atoms with Crippen molar-refractivity contribution in [3.63, 3.8) is 0 Å². The van der Waals surface area contributed by atoms with E-state index >= 15 is 0 Å². The standard InChI is InChI=1S/C14H20N4O2S/c1-8(2)6-20-14(19)11-9(3)10-12(16-5-4-15)17-7-18-13(10)21-11/h7-8H,4-6,15H2,1-3H3,(H,16,17,18). The summed E-state index contributed by atoms with van der Waals surface area (Å²) in [5.74, 6) is 0.723. The van der Waals surface area contributed by atoms with E-state index in [-0.39, 0.29) is 5.97 Å². The number of nitrogens with two attached hydrogens (primary N) is 1. The molecule has 0 unspecified atom stereocenters. The number of nitrogens with zero attached hydrogens (tertiary/aromatic N) is 2. The summed E-state index contributed by atoms with van der Waals surface area (Å²) >= 11 is 1.33. The van der Waals surface area contributed by atoms with Crippen LogP contribution in [0.5, 0.6) is 0 Å². The lowest BCUT2D eigenvalue weighted by molar-refractivity contribution is 0.0464. The minimum atomic E-state index is -0.297. The molecule has 21 heavy (non-hydrogen) atoms. The molecule has 2 rings (SSSR count). The predicted molar refractivity (Wildman–Crippen MR) is 84.8 cm³/mol. The van der Waals surface area contributed by atoms with Crippen molar-refractivity contribution >= 4 is 33.3 Å². The van der Waals surface area contributed by atoms with Gasteiger partial charge in [0.2, 0.25) is 0 Å². The number of aryl methyl sites for hydroxylation is 1. The first-order valence-electron chi connectivity index (χ1n) is 6.89. The van der Waals surface area contributed by atoms with Crippen LogP contribution in [0.25, 0.3) is 10.2 Å². The number of carbonyl (C=O) groups is 1. The fourth-order valence-corrected chi connectivity index (χ4v) is 2.94. The molecule has 0 atom stereocenters. The van der Waals surface area contributed by atoms with E-state index in [1.54, 1.807) is 0 Å². The van der Waals surface area contributed by atoms with Gasteiger partial charge >= 0.3 is 5.97 Å². The van der Waals surface area contributed by atoms with Crippen LogP contribution in [-0.4, -0.2) is 35.6 Å². The molecule has 7 heteroatoms. The van der Waals surface area contributed by atoms with Crippen LogP contribution in [0.3, 0.4) is 0 Å². The van der Waals surface area contributed by atoms with E-state index in [9.17, 15) is 4.79 Å². The Morgan fingerprint density at radius 2 is 2.24 bits per heavy atom. The van der Waals surface area contributed by atoms with Crippen LogP contribution < -0.4 is 11.1 Å². The van der Waals surface area contributed by atoms with Gasteiger partial charge in [0.05, 0.1) is 12.0 Å². The Morgan fingerprint density at radius 1 is 1.48 bits per heavy atom. The minimum Gasteiger partial charge on any atom is -0.461 e. The molecular formula is C14H20N4O2S. The normalized spacial score (nSPS) is 11.1. The van der Waals surface area contributed by atoms with E-state index < -0.39 is 0 Å². The van der Waals surface area contributed by atoms with E-state index in [1.807, 2.05) is 20.8 Å². The Balaban J connectivity index is 2.34. The van der Waals surface area contributed by atoms with Crippen molar-refractivity contribution in [2.75, 3.05) is 25.0 Å². The molecule has 2 aromatic rings. The van der Waals surface area contributed by atoms with Gasteiger partial charge in [0.15, 0.2) is 0 Å². The van der Waals surface area contributed by atoms with E-state index in [0.29, 0.717) is 36.3 Å². The fourth-order valence-electron chi connectivity index (χ4n) is 1.90. The molecule has 0 bridgehead atoms. The highest BCUT2D eigenvalue weighted by Crippen LogP contribution is 2.33. The Kier molecular flexibility index (Phi) is 5.08. The summed E-state index contributed by atoms with van der Waals surface area (Å²) in [6.07, 6.45) is 1.49. The van der Waals surface area contributed by atoms with Crippen molar-refractivity contribution in [2.24, 2.45) is 11.7 Å². The maximum absolute atomic E-state index is 12.2. The predicted octanol–water partition coefficient (Wildman–Crippen LogP) is 2.18. The van der Waals surface area contributed by atoms with Crippen LogP contribution in [0, 0.1) is 12.8 Å². The first kappa shape index (κ1) is 15.7. The van der Waals surface area contributed by atoms with Crippen molar-refractivity contribution in [1.29, 1.82) is 0 Å². The molecule has 0 spiro atoms. The molecule has 0 saturated carbocycles. The molecule has 0 radical (unpaired) electrons. The summed E-state index contributed by atoms with van der Waals surface area (Å²) in [4.78, 5) is 22.0. The Labute approximate surface area is 127 Å². The summed E-state index contributed by atoms with van der Waals surface area (Å²) in [6.45, 7) is 7.45. The van der Waals surface area contributed by atoms with Crippen LogP contribution in [0.15, 0.2) is 6.33 Å². The van der Waals surface area contributed by atoms with Crippen LogP contribution in [0.2, 0.25) is 0 Å². The van der Waals surface area contributed by atoms with Gasteiger partial charge in [-0.2, -0.15) is 0 Å². The highest BCUT2D eigenvalue weighted by Gasteiger charge is 2.20. The van der Waals surface area contributed by atoms with Crippen molar-refractivity contribution in [2.45, 2.75) is 20.8 Å². The second-order valence-electron chi connectivity index (χ2n) is 5.17. The quantitative estimate of drug-likeness (QED) is 0.795. The third kappa shape index (κ3) is 3.48. The highest BCUT2D eigenvalue weighted by atomic mass is 32.1. The topological polar surface area (TPSA) is 90.1 Å². The molecule has 3 N–H and O–H groups in total. The van der Waals surface area contributed by atoms with E-state index in [0.717, 1.165) is 15.8 Å². The molecule has 0 aliphatic carbocycles. The maximum Gasteiger partial charge on any atom is 0.348 e. The van der Waals surface area contributed by atoms with Crippen molar-refractivity contribution in [3.05, 3.63) is 16.8 Å². The second kappa shape index (κ2) is 6.82. The SMILES string of the molecule is Cc1c(C(=O)OCC(C)C)sc2ncnc(NCCN)c12. The molecule has 0 aliphatic rings. The third-order valence-electron chi connectivity index (χ3n) is 2.90. The number of hydrogen-bond donors (Lipinski definition) is 2. The molecule has 0 saturated heterocycles. The zero-order valence-corrected chi connectivity index (χ0v) is 13.3. The molecular weight excluding hydrogens is 288 g/mol. The zero-order chi connectivity index (χ0) is 15.4. The molecule has 2 heterocycles. The lowest BCUT2D eigenvalue weighted by Crippen LogP contribution is -2.14. The number of nitrogens with one attached hydrogen (secondary N) is 1. The van der Waals surface area contributed by atoms with Gasteiger partial charge in [0.1, 0.15) is 21.9 Å². The average molecular weight is 308 g/mol. The zero-order valence-electron chi connectivity index (χ0n) is 12.5. The third-order valence-corrected chi connectivity index (χ3v) is 4.08. The lowest BCUT2D eigenvalue weighted by Gasteiger charge is -2.07. The molecule has 6 nitrogen and oxygen atoms in total. The summed E-state index contributed by atoms with van der Waals surface area (Å²) in [7, 11) is 0. The maximum atomic E-state index is 12.2. The monoisotopic (exact) mass is 308 g/mol. The number of ether oxygens (including phenoxy) is 1. The second-order valence-corrected chi connectivity index (χ2v) is 6.17. The summed E-state index contributed by atoms with van der Waals surface area (Å²) in [5, 5.41) is 4.03. The van der Waals surface area contributed by atoms with Gasteiger partial charge in [-0.25, -0.2) is 14.8 Å². The summed E-state index contributed by atoms with van der Waals surface area (Å²) in [6, 6.07) is 0. The van der Waals surface area contributed by atoms with E-state index in [1.165, 1.54) is 17.7 Å². The first-order chi connectivity index (χ1) is 10.0. The molecule has 0 aliphatic heterocycles. The Hall–Kier alpha value is -1.73. The molecule has 114 valence electrons. The van der Waals surface area contributed by atoms with E-state index in [2.05, 4.69) is 15.3 Å². The number of esters is 1. The van der Waals surface area contributed by atoms with Gasteiger partial charge in [-0.3, -0.25) is 0 Å². The van der Waals surface area contributed by atoms with Gasteiger partial charge < -0.3 is 15.8 Å². The van der Waals surface area contributed by atoms with Gasteiger partial charge in [0, 0.05) is 13.1 Å². The van der Waals surface area contributed by atoms with Gasteiger partial charge in [-0.1, -0.05) is 13.8 Å². The van der Waals surface area contributed by atoms with E-state index in [4.69, 9.17) is 10.5 Å². The van der Waals surface area contributed by atoms with Crippen LogP contribution >= 0.6 is 11.3 Å². The number of aromatic nitrogens is 2. The van der Waals surface area contributed by atoms with Gasteiger partial charge in [-0.05, 0) is 18.4 Å². The van der Waals surface area contributed by atoms with Crippen LogP contribution in [-0.2, 0) is 4.74 Å². The number of rotatable bonds is 6. The fraction of sp³-hybridized carbons (Fsp3) is 0.500. The first-order valence-corrected chi connectivity index (χ1v) is 7.71. The number of anilines is 1. The van der Waals surface area contributed by atoms with Crippen molar-refractivity contribution in [1.82, 2.24) is 9.97 Å². The Morgan fingerprint density at radius 3 is 2.90 bits per heavy atom. The van der Waals surface area contributed by atoms with Crippen LogP contribution in [0.4, 0.5) is 5.82 Å².